The van der Waals surface area contributed by atoms with Gasteiger partial charge in [0.05, 0.1) is 10.7 Å². The lowest BCUT2D eigenvalue weighted by atomic mass is 10.1. The van der Waals surface area contributed by atoms with Gasteiger partial charge in [-0.25, -0.2) is 13.8 Å². The van der Waals surface area contributed by atoms with Gasteiger partial charge in [-0.2, -0.15) is 0 Å². The first-order chi connectivity index (χ1) is 11.5. The lowest BCUT2D eigenvalue weighted by Crippen LogP contribution is -2.39. The van der Waals surface area contributed by atoms with Crippen molar-refractivity contribution in [3.8, 4) is 0 Å². The van der Waals surface area contributed by atoms with Crippen LogP contribution in [0.5, 0.6) is 0 Å². The smallest absolute Gasteiger partial charge is 0.191 e. The molecule has 1 aromatic carbocycles. The number of benzene rings is 1. The number of nitrogens with one attached hydrogen (secondary N) is 2. The molecule has 0 saturated heterocycles. The number of rotatable bonds is 6. The number of hydrogen-bond donors (Lipinski definition) is 2. The number of aryl methyl sites for hydroxylation is 2. The zero-order valence-corrected chi connectivity index (χ0v) is 17.7. The van der Waals surface area contributed by atoms with Crippen molar-refractivity contribution in [2.75, 3.05) is 20.1 Å². The van der Waals surface area contributed by atoms with Crippen molar-refractivity contribution in [3.63, 3.8) is 0 Å². The Labute approximate surface area is 168 Å². The highest BCUT2D eigenvalue weighted by Gasteiger charge is 2.08. The molecule has 8 heteroatoms. The zero-order valence-electron chi connectivity index (χ0n) is 14.5. The molecular weight excluding hydrogens is 457 g/mol. The second-order valence-electron chi connectivity index (χ2n) is 5.38. The molecule has 0 aliphatic rings. The van der Waals surface area contributed by atoms with Gasteiger partial charge in [0.15, 0.2) is 5.96 Å². The standard InChI is InChI=1S/C17H22F2N4S.HI/c1-11-12(2)24-16(23-11)8-10-22-17(20-3)21-9-7-13-14(18)5-4-6-15(13)19;/h4-6H,7-10H2,1-3H3,(H2,20,21,22);1H. The van der Waals surface area contributed by atoms with Gasteiger partial charge in [0.2, 0.25) is 0 Å². The first-order valence-electron chi connectivity index (χ1n) is 7.81. The fourth-order valence-electron chi connectivity index (χ4n) is 2.23. The van der Waals surface area contributed by atoms with Gasteiger partial charge < -0.3 is 10.6 Å². The van der Waals surface area contributed by atoms with Crippen LogP contribution in [0.4, 0.5) is 8.78 Å². The highest BCUT2D eigenvalue weighted by atomic mass is 127. The molecule has 2 aromatic rings. The van der Waals surface area contributed by atoms with Gasteiger partial charge in [-0.15, -0.1) is 35.3 Å². The number of guanidine groups is 1. The second kappa shape index (κ2) is 10.6. The lowest BCUT2D eigenvalue weighted by molar-refractivity contribution is 0.553. The Kier molecular flexibility index (Phi) is 9.26. The molecule has 0 radical (unpaired) electrons. The number of thiazole rings is 1. The fraction of sp³-hybridized carbons (Fsp3) is 0.412. The van der Waals surface area contributed by atoms with Gasteiger partial charge in [0.25, 0.3) is 0 Å². The minimum absolute atomic E-state index is 0. The third-order valence-electron chi connectivity index (χ3n) is 3.66. The van der Waals surface area contributed by atoms with E-state index in [1.807, 2.05) is 6.92 Å². The number of aromatic nitrogens is 1. The van der Waals surface area contributed by atoms with Gasteiger partial charge >= 0.3 is 0 Å². The average molecular weight is 480 g/mol. The van der Waals surface area contributed by atoms with Crippen LogP contribution in [-0.2, 0) is 12.8 Å². The van der Waals surface area contributed by atoms with Crippen molar-refractivity contribution in [3.05, 3.63) is 51.0 Å². The van der Waals surface area contributed by atoms with Crippen LogP contribution < -0.4 is 10.6 Å². The minimum atomic E-state index is -0.519. The van der Waals surface area contributed by atoms with E-state index in [2.05, 4.69) is 27.5 Å². The van der Waals surface area contributed by atoms with E-state index in [1.54, 1.807) is 18.4 Å². The molecule has 25 heavy (non-hydrogen) atoms. The Morgan fingerprint density at radius 3 is 2.24 bits per heavy atom. The molecule has 2 rings (SSSR count). The summed E-state index contributed by atoms with van der Waals surface area (Å²) in [4.78, 5) is 9.83. The zero-order chi connectivity index (χ0) is 17.5. The average Bonchev–Trinajstić information content (AvgIpc) is 2.86. The molecular formula is C17H23F2IN4S. The molecule has 0 aliphatic heterocycles. The summed E-state index contributed by atoms with van der Waals surface area (Å²) in [6, 6.07) is 3.90. The predicted octanol–water partition coefficient (Wildman–Crippen LogP) is 3.61. The third-order valence-corrected chi connectivity index (χ3v) is 4.79. The van der Waals surface area contributed by atoms with Crippen molar-refractivity contribution in [1.29, 1.82) is 0 Å². The second-order valence-corrected chi connectivity index (χ2v) is 6.66. The van der Waals surface area contributed by atoms with Crippen molar-refractivity contribution in [1.82, 2.24) is 15.6 Å². The molecule has 1 aromatic heterocycles. The quantitative estimate of drug-likeness (QED) is 0.378. The molecule has 138 valence electrons. The van der Waals surface area contributed by atoms with Crippen LogP contribution in [0.15, 0.2) is 23.2 Å². The first kappa shape index (κ1) is 21.8. The first-order valence-corrected chi connectivity index (χ1v) is 8.63. The SMILES string of the molecule is CN=C(NCCc1nc(C)c(C)s1)NCCc1c(F)cccc1F.I. The van der Waals surface area contributed by atoms with Crippen LogP contribution >= 0.6 is 35.3 Å². The Bertz CT molecular complexity index is 679. The summed E-state index contributed by atoms with van der Waals surface area (Å²) >= 11 is 1.70. The Balaban J connectivity index is 0.00000312. The fourth-order valence-corrected chi connectivity index (χ4v) is 3.17. The van der Waals surface area contributed by atoms with Crippen LogP contribution in [-0.4, -0.2) is 31.1 Å². The number of nitrogens with zero attached hydrogens (tertiary/aromatic N) is 2. The molecule has 0 fully saturated rings. The molecule has 4 nitrogen and oxygen atoms in total. The summed E-state index contributed by atoms with van der Waals surface area (Å²) < 4.78 is 27.1. The topological polar surface area (TPSA) is 49.3 Å². The maximum atomic E-state index is 13.6. The molecule has 1 heterocycles. The van der Waals surface area contributed by atoms with Crippen LogP contribution in [0.1, 0.15) is 21.1 Å². The van der Waals surface area contributed by atoms with E-state index >= 15 is 0 Å². The number of halogens is 3. The summed E-state index contributed by atoms with van der Waals surface area (Å²) in [5.74, 6) is -0.430. The molecule has 0 aliphatic carbocycles. The van der Waals surface area contributed by atoms with Crippen molar-refractivity contribution in [2.45, 2.75) is 26.7 Å². The van der Waals surface area contributed by atoms with Crippen LogP contribution in [0.25, 0.3) is 0 Å². The number of aliphatic imine (C=N–C) groups is 1. The van der Waals surface area contributed by atoms with E-state index < -0.39 is 11.6 Å². The molecule has 0 unspecified atom stereocenters. The summed E-state index contributed by atoms with van der Waals surface area (Å²) in [7, 11) is 1.66. The normalized spacial score (nSPS) is 11.2. The summed E-state index contributed by atoms with van der Waals surface area (Å²) in [5.41, 5.74) is 1.17. The highest BCUT2D eigenvalue weighted by Crippen LogP contribution is 2.16. The summed E-state index contributed by atoms with van der Waals surface area (Å²) in [6.45, 7) is 5.16. The van der Waals surface area contributed by atoms with E-state index in [9.17, 15) is 8.78 Å². The van der Waals surface area contributed by atoms with Gasteiger partial charge in [0, 0.05) is 37.0 Å². The maximum absolute atomic E-state index is 13.6. The molecule has 0 atom stereocenters. The molecule has 0 spiro atoms. The molecule has 2 N–H and O–H groups in total. The van der Waals surface area contributed by atoms with Gasteiger partial charge in [-0.3, -0.25) is 4.99 Å². The third kappa shape index (κ3) is 6.50. The summed E-state index contributed by atoms with van der Waals surface area (Å²) in [5, 5.41) is 7.33. The van der Waals surface area contributed by atoms with Crippen molar-refractivity contribution >= 4 is 41.3 Å². The monoisotopic (exact) mass is 480 g/mol. The molecule has 0 saturated carbocycles. The van der Waals surface area contributed by atoms with Crippen LogP contribution in [0, 0.1) is 25.5 Å². The summed E-state index contributed by atoms with van der Waals surface area (Å²) in [6.07, 6.45) is 1.06. The molecule has 0 amide bonds. The van der Waals surface area contributed by atoms with E-state index in [0.29, 0.717) is 19.0 Å². The van der Waals surface area contributed by atoms with E-state index in [0.717, 1.165) is 17.1 Å². The number of hydrogen-bond acceptors (Lipinski definition) is 3. The van der Waals surface area contributed by atoms with Gasteiger partial charge in [0.1, 0.15) is 11.6 Å². The van der Waals surface area contributed by atoms with Crippen molar-refractivity contribution in [2.24, 2.45) is 4.99 Å². The van der Waals surface area contributed by atoms with E-state index in [1.165, 1.54) is 23.1 Å². The largest absolute Gasteiger partial charge is 0.356 e. The predicted molar refractivity (Wildman–Crippen MR) is 110 cm³/mol. The Morgan fingerprint density at radius 2 is 1.72 bits per heavy atom. The highest BCUT2D eigenvalue weighted by molar-refractivity contribution is 14.0. The van der Waals surface area contributed by atoms with E-state index in [4.69, 9.17) is 0 Å². The van der Waals surface area contributed by atoms with Crippen LogP contribution in [0.3, 0.4) is 0 Å². The molecule has 0 bridgehead atoms. The Morgan fingerprint density at radius 1 is 1.12 bits per heavy atom. The van der Waals surface area contributed by atoms with Crippen molar-refractivity contribution < 1.29 is 8.78 Å². The lowest BCUT2D eigenvalue weighted by Gasteiger charge is -2.12. The van der Waals surface area contributed by atoms with Gasteiger partial charge in [-0.05, 0) is 32.4 Å². The van der Waals surface area contributed by atoms with Crippen LogP contribution in [0.2, 0.25) is 0 Å². The van der Waals surface area contributed by atoms with E-state index in [-0.39, 0.29) is 36.0 Å². The van der Waals surface area contributed by atoms with Gasteiger partial charge in [-0.1, -0.05) is 6.07 Å². The Hall–Kier alpha value is -1.29. The minimum Gasteiger partial charge on any atom is -0.356 e. The maximum Gasteiger partial charge on any atom is 0.191 e.